The Morgan fingerprint density at radius 1 is 1.05 bits per heavy atom. The maximum absolute atomic E-state index is 6.64. The topological polar surface area (TPSA) is 12.5 Å². The second kappa shape index (κ2) is 4.28. The molecule has 0 N–H and O–H groups in total. The molecule has 0 unspecified atom stereocenters. The molecule has 110 valence electrons. The maximum Gasteiger partial charge on any atom is 0.190 e. The lowest BCUT2D eigenvalue weighted by atomic mass is 9.71. The van der Waals surface area contributed by atoms with Gasteiger partial charge < -0.3 is 9.64 Å². The molecule has 2 heterocycles. The first-order chi connectivity index (χ1) is 10.4. The largest absolute Gasteiger partial charge is 0.465 e. The van der Waals surface area contributed by atoms with Gasteiger partial charge in [-0.15, -0.1) is 0 Å². The summed E-state index contributed by atoms with van der Waals surface area (Å²) < 4.78 is 6.64. The normalized spacial score (nSPS) is 33.7. The average molecular weight is 281 g/mol. The number of allylic oxidation sites excluding steroid dienone is 2. The van der Waals surface area contributed by atoms with E-state index in [1.54, 1.807) is 11.3 Å². The third-order valence-electron chi connectivity index (χ3n) is 6.06. The monoisotopic (exact) mass is 281 g/mol. The van der Waals surface area contributed by atoms with Crippen molar-refractivity contribution in [3.63, 3.8) is 0 Å². The van der Waals surface area contributed by atoms with Crippen LogP contribution in [0.4, 0.5) is 5.69 Å². The number of ether oxygens (including phenoxy) is 1. The lowest BCUT2D eigenvalue weighted by Crippen LogP contribution is -2.59. The van der Waals surface area contributed by atoms with Gasteiger partial charge in [-0.05, 0) is 57.1 Å². The number of rotatable bonds is 0. The Kier molecular flexibility index (Phi) is 2.47. The molecule has 1 saturated carbocycles. The van der Waals surface area contributed by atoms with Crippen molar-refractivity contribution in [2.24, 2.45) is 5.92 Å². The van der Waals surface area contributed by atoms with Crippen molar-refractivity contribution in [1.82, 2.24) is 0 Å². The van der Waals surface area contributed by atoms with Gasteiger partial charge in [0, 0.05) is 18.0 Å². The highest BCUT2D eigenvalue weighted by atomic mass is 16.5. The van der Waals surface area contributed by atoms with Crippen molar-refractivity contribution in [1.29, 1.82) is 0 Å². The summed E-state index contributed by atoms with van der Waals surface area (Å²) in [5.41, 5.74) is 4.64. The van der Waals surface area contributed by atoms with Gasteiger partial charge in [-0.3, -0.25) is 0 Å². The highest BCUT2D eigenvalue weighted by Crippen LogP contribution is 2.58. The van der Waals surface area contributed by atoms with E-state index in [1.165, 1.54) is 63.5 Å². The number of hydrogen-bond donors (Lipinski definition) is 0. The molecular formula is C19H23NO. The number of para-hydroxylation sites is 2. The van der Waals surface area contributed by atoms with E-state index in [4.69, 9.17) is 4.74 Å². The van der Waals surface area contributed by atoms with Gasteiger partial charge in [-0.1, -0.05) is 24.1 Å². The molecule has 0 radical (unpaired) electrons. The molecule has 2 nitrogen and oxygen atoms in total. The van der Waals surface area contributed by atoms with Crippen LogP contribution in [0.2, 0.25) is 0 Å². The Bertz CT molecular complexity index is 620. The fourth-order valence-electron chi connectivity index (χ4n) is 5.17. The molecule has 0 amide bonds. The Balaban J connectivity index is 1.72. The smallest absolute Gasteiger partial charge is 0.190 e. The molecule has 1 aromatic carbocycles. The third-order valence-corrected chi connectivity index (χ3v) is 6.06. The summed E-state index contributed by atoms with van der Waals surface area (Å²) in [7, 11) is 0. The van der Waals surface area contributed by atoms with Crippen molar-refractivity contribution in [2.75, 3.05) is 4.90 Å². The van der Waals surface area contributed by atoms with E-state index in [1.807, 2.05) is 0 Å². The van der Waals surface area contributed by atoms with E-state index in [9.17, 15) is 0 Å². The zero-order valence-electron chi connectivity index (χ0n) is 12.6. The zero-order chi connectivity index (χ0) is 13.9. The van der Waals surface area contributed by atoms with Crippen LogP contribution in [0.5, 0.6) is 5.75 Å². The van der Waals surface area contributed by atoms with Crippen molar-refractivity contribution >= 4 is 5.69 Å². The van der Waals surface area contributed by atoms with Crippen molar-refractivity contribution < 1.29 is 4.74 Å². The van der Waals surface area contributed by atoms with Crippen LogP contribution in [-0.2, 0) is 0 Å². The molecule has 1 fully saturated rings. The average Bonchev–Trinajstić information content (AvgIpc) is 2.87. The number of fused-ring (bicyclic) bond motifs is 3. The van der Waals surface area contributed by atoms with E-state index >= 15 is 0 Å². The summed E-state index contributed by atoms with van der Waals surface area (Å²) in [6.45, 7) is 0. The minimum atomic E-state index is -0.0435. The zero-order valence-corrected chi connectivity index (χ0v) is 12.6. The van der Waals surface area contributed by atoms with Gasteiger partial charge in [-0.2, -0.15) is 0 Å². The number of benzene rings is 1. The summed E-state index contributed by atoms with van der Waals surface area (Å²) in [5, 5.41) is 0. The highest BCUT2D eigenvalue weighted by Gasteiger charge is 2.56. The van der Waals surface area contributed by atoms with Crippen molar-refractivity contribution in [3.05, 3.63) is 35.5 Å². The molecule has 1 spiro atoms. The highest BCUT2D eigenvalue weighted by molar-refractivity contribution is 5.69. The van der Waals surface area contributed by atoms with E-state index < -0.39 is 0 Å². The molecule has 2 aliphatic heterocycles. The van der Waals surface area contributed by atoms with E-state index in [-0.39, 0.29) is 5.72 Å². The molecule has 0 aromatic heterocycles. The van der Waals surface area contributed by atoms with Crippen LogP contribution in [0.15, 0.2) is 35.5 Å². The summed E-state index contributed by atoms with van der Waals surface area (Å²) in [4.78, 5) is 2.64. The van der Waals surface area contributed by atoms with E-state index in [0.717, 1.165) is 5.75 Å². The summed E-state index contributed by atoms with van der Waals surface area (Å²) in [6, 6.07) is 8.70. The number of nitrogens with zero attached hydrogens (tertiary/aromatic N) is 1. The lowest BCUT2D eigenvalue weighted by molar-refractivity contribution is -0.0127. The van der Waals surface area contributed by atoms with Crippen LogP contribution in [0.25, 0.3) is 0 Å². The van der Waals surface area contributed by atoms with Crippen LogP contribution in [0, 0.1) is 5.92 Å². The summed E-state index contributed by atoms with van der Waals surface area (Å²) >= 11 is 0. The molecule has 5 rings (SSSR count). The van der Waals surface area contributed by atoms with Crippen molar-refractivity contribution in [2.45, 2.75) is 63.5 Å². The lowest BCUT2D eigenvalue weighted by Gasteiger charge is -2.52. The Morgan fingerprint density at radius 3 is 2.95 bits per heavy atom. The van der Waals surface area contributed by atoms with Gasteiger partial charge in [0.15, 0.2) is 5.72 Å². The molecule has 2 aliphatic carbocycles. The molecule has 2 heteroatoms. The summed E-state index contributed by atoms with van der Waals surface area (Å²) in [6.07, 6.45) is 11.8. The Morgan fingerprint density at radius 2 is 1.95 bits per heavy atom. The first kappa shape index (κ1) is 12.1. The molecular weight excluding hydrogens is 258 g/mol. The predicted octanol–water partition coefficient (Wildman–Crippen LogP) is 5.00. The molecule has 21 heavy (non-hydrogen) atoms. The van der Waals surface area contributed by atoms with Gasteiger partial charge in [0.25, 0.3) is 0 Å². The minimum absolute atomic E-state index is 0.0435. The fourth-order valence-corrected chi connectivity index (χ4v) is 5.17. The van der Waals surface area contributed by atoms with Crippen LogP contribution < -0.4 is 9.64 Å². The fraction of sp³-hybridized carbons (Fsp3) is 0.579. The predicted molar refractivity (Wildman–Crippen MR) is 84.3 cm³/mol. The van der Waals surface area contributed by atoms with Gasteiger partial charge in [0.1, 0.15) is 5.75 Å². The second-order valence-corrected chi connectivity index (χ2v) is 7.15. The van der Waals surface area contributed by atoms with Crippen LogP contribution in [-0.4, -0.2) is 5.72 Å². The van der Waals surface area contributed by atoms with Gasteiger partial charge in [0.2, 0.25) is 0 Å². The molecule has 1 aromatic rings. The maximum atomic E-state index is 6.64. The molecule has 0 bridgehead atoms. The van der Waals surface area contributed by atoms with E-state index in [2.05, 4.69) is 29.2 Å². The summed E-state index contributed by atoms with van der Waals surface area (Å²) in [5.74, 6) is 1.80. The van der Waals surface area contributed by atoms with Gasteiger partial charge in [-0.25, -0.2) is 0 Å². The Labute approximate surface area is 126 Å². The molecule has 4 aliphatic rings. The molecule has 2 atom stereocenters. The van der Waals surface area contributed by atoms with E-state index in [0.29, 0.717) is 5.92 Å². The molecule has 0 saturated heterocycles. The first-order valence-electron chi connectivity index (χ1n) is 8.68. The minimum Gasteiger partial charge on any atom is -0.465 e. The van der Waals surface area contributed by atoms with Crippen LogP contribution in [0.1, 0.15) is 57.8 Å². The number of hydrogen-bond acceptors (Lipinski definition) is 2. The van der Waals surface area contributed by atoms with Crippen molar-refractivity contribution in [3.8, 4) is 5.75 Å². The Hall–Kier alpha value is -1.44. The van der Waals surface area contributed by atoms with Gasteiger partial charge >= 0.3 is 0 Å². The SMILES string of the molecule is c1ccc2c(c1)O[C@@]13CCCC[C@@H]1CC1=C(CCCC1)N23. The van der Waals surface area contributed by atoms with Crippen LogP contribution >= 0.6 is 0 Å². The first-order valence-corrected chi connectivity index (χ1v) is 8.68. The second-order valence-electron chi connectivity index (χ2n) is 7.15. The van der Waals surface area contributed by atoms with Crippen LogP contribution in [0.3, 0.4) is 0 Å². The van der Waals surface area contributed by atoms with Gasteiger partial charge in [0.05, 0.1) is 5.69 Å². The quantitative estimate of drug-likeness (QED) is 0.663. The standard InChI is InChI=1S/C19H23NO/c1-2-9-16-14(7-1)13-15-8-5-6-12-19(15)20(16)17-10-3-4-11-18(17)21-19/h3-4,10-11,15H,1-2,5-9,12-13H2/t15-,19+/m1/s1. The number of anilines is 1. The third kappa shape index (κ3) is 1.54.